The summed E-state index contributed by atoms with van der Waals surface area (Å²) in [5.74, 6) is 1.64. The average Bonchev–Trinajstić information content (AvgIpc) is 2.41. The Hall–Kier alpha value is -0.670. The van der Waals surface area contributed by atoms with E-state index in [0.717, 1.165) is 12.2 Å². The van der Waals surface area contributed by atoms with E-state index >= 15 is 0 Å². The highest BCUT2D eigenvalue weighted by atomic mass is 32.2. The summed E-state index contributed by atoms with van der Waals surface area (Å²) >= 11 is 2.05. The average molecular weight is 279 g/mol. The first kappa shape index (κ1) is 14.7. The highest BCUT2D eigenvalue weighted by Crippen LogP contribution is 2.39. The molecule has 3 unspecified atom stereocenters. The molecule has 1 aromatic carbocycles. The van der Waals surface area contributed by atoms with Crippen molar-refractivity contribution >= 4 is 11.8 Å². The van der Waals surface area contributed by atoms with Gasteiger partial charge in [-0.2, -0.15) is 11.8 Å². The number of hydrogen-bond acceptors (Lipinski definition) is 3. The predicted octanol–water partition coefficient (Wildman–Crippen LogP) is 3.79. The second kappa shape index (κ2) is 6.19. The lowest BCUT2D eigenvalue weighted by Gasteiger charge is -2.33. The molecular formula is C16H25NOS. The van der Waals surface area contributed by atoms with Crippen LogP contribution in [-0.2, 0) is 6.42 Å². The van der Waals surface area contributed by atoms with Crippen molar-refractivity contribution in [1.82, 2.24) is 0 Å². The number of hydrogen-bond donors (Lipinski definition) is 1. The molecule has 0 spiro atoms. The minimum Gasteiger partial charge on any atom is -0.497 e. The number of nitrogens with two attached hydrogens (primary N) is 1. The van der Waals surface area contributed by atoms with Gasteiger partial charge in [-0.25, -0.2) is 0 Å². The first-order valence-electron chi connectivity index (χ1n) is 7.10. The lowest BCUT2D eigenvalue weighted by Crippen LogP contribution is -2.31. The molecule has 0 aliphatic heterocycles. The first-order valence-corrected chi connectivity index (χ1v) is 8.05. The molecule has 0 aromatic heterocycles. The fourth-order valence-electron chi connectivity index (χ4n) is 2.51. The number of thioether (sulfide) groups is 1. The first-order chi connectivity index (χ1) is 9.02. The number of rotatable bonds is 4. The third-order valence-electron chi connectivity index (χ3n) is 4.14. The second-order valence-electron chi connectivity index (χ2n) is 5.75. The molecule has 3 atom stereocenters. The van der Waals surface area contributed by atoms with Crippen LogP contribution < -0.4 is 10.5 Å². The summed E-state index contributed by atoms with van der Waals surface area (Å²) in [7, 11) is 1.72. The molecule has 106 valence electrons. The molecule has 0 saturated carbocycles. The van der Waals surface area contributed by atoms with E-state index in [0.29, 0.717) is 16.4 Å². The van der Waals surface area contributed by atoms with Crippen molar-refractivity contribution in [3.8, 4) is 5.75 Å². The molecule has 3 heteroatoms. The predicted molar refractivity (Wildman–Crippen MR) is 83.9 cm³/mol. The van der Waals surface area contributed by atoms with Gasteiger partial charge in [0.2, 0.25) is 0 Å². The van der Waals surface area contributed by atoms with Gasteiger partial charge in [-0.1, -0.05) is 26.8 Å². The quantitative estimate of drug-likeness (QED) is 0.911. The van der Waals surface area contributed by atoms with E-state index in [1.807, 2.05) is 6.07 Å². The van der Waals surface area contributed by atoms with Crippen molar-refractivity contribution in [2.75, 3.05) is 7.11 Å². The van der Waals surface area contributed by atoms with Crippen molar-refractivity contribution in [2.24, 2.45) is 11.7 Å². The van der Waals surface area contributed by atoms with Crippen LogP contribution in [0, 0.1) is 5.92 Å². The molecule has 1 aliphatic rings. The number of methoxy groups -OCH3 is 1. The standard InChI is InChI=1S/C16H25NOS/c1-10(2)11(3)19-15-8-5-12-9-13(18-4)6-7-14(12)16(15)17/h6-7,9-11,15-16H,5,8,17H2,1-4H3. The van der Waals surface area contributed by atoms with Gasteiger partial charge in [-0.15, -0.1) is 0 Å². The van der Waals surface area contributed by atoms with E-state index in [9.17, 15) is 0 Å². The highest BCUT2D eigenvalue weighted by molar-refractivity contribution is 8.00. The maximum Gasteiger partial charge on any atom is 0.119 e. The highest BCUT2D eigenvalue weighted by Gasteiger charge is 2.29. The van der Waals surface area contributed by atoms with Gasteiger partial charge in [-0.3, -0.25) is 0 Å². The summed E-state index contributed by atoms with van der Waals surface area (Å²) in [6.07, 6.45) is 2.28. The fourth-order valence-corrected chi connectivity index (χ4v) is 3.95. The Kier molecular flexibility index (Phi) is 4.80. The lowest BCUT2D eigenvalue weighted by atomic mass is 9.87. The molecule has 2 N–H and O–H groups in total. The van der Waals surface area contributed by atoms with Gasteiger partial charge in [0, 0.05) is 16.5 Å². The van der Waals surface area contributed by atoms with E-state index in [-0.39, 0.29) is 6.04 Å². The van der Waals surface area contributed by atoms with Crippen LogP contribution in [0.1, 0.15) is 44.4 Å². The Morgan fingerprint density at radius 2 is 2.05 bits per heavy atom. The number of benzene rings is 1. The number of aryl methyl sites for hydroxylation is 1. The maximum absolute atomic E-state index is 6.47. The Labute approximate surface area is 121 Å². The van der Waals surface area contributed by atoms with E-state index < -0.39 is 0 Å². The Morgan fingerprint density at radius 3 is 2.68 bits per heavy atom. The number of ether oxygens (including phenoxy) is 1. The van der Waals surface area contributed by atoms with Crippen LogP contribution in [-0.4, -0.2) is 17.6 Å². The van der Waals surface area contributed by atoms with Gasteiger partial charge >= 0.3 is 0 Å². The molecule has 0 bridgehead atoms. The summed E-state index contributed by atoms with van der Waals surface area (Å²) < 4.78 is 5.29. The van der Waals surface area contributed by atoms with E-state index in [4.69, 9.17) is 10.5 Å². The molecule has 2 rings (SSSR count). The van der Waals surface area contributed by atoms with Crippen molar-refractivity contribution in [3.05, 3.63) is 29.3 Å². The van der Waals surface area contributed by atoms with Gasteiger partial charge in [0.05, 0.1) is 7.11 Å². The Morgan fingerprint density at radius 1 is 1.32 bits per heavy atom. The molecule has 1 aromatic rings. The van der Waals surface area contributed by atoms with E-state index in [2.05, 4.69) is 44.7 Å². The molecular weight excluding hydrogens is 254 g/mol. The molecule has 0 saturated heterocycles. The monoisotopic (exact) mass is 279 g/mol. The van der Waals surface area contributed by atoms with Crippen molar-refractivity contribution in [3.63, 3.8) is 0 Å². The summed E-state index contributed by atoms with van der Waals surface area (Å²) in [4.78, 5) is 0. The van der Waals surface area contributed by atoms with Crippen LogP contribution >= 0.6 is 11.8 Å². The molecule has 19 heavy (non-hydrogen) atoms. The zero-order valence-corrected chi connectivity index (χ0v) is 13.2. The van der Waals surface area contributed by atoms with E-state index in [1.165, 1.54) is 17.5 Å². The van der Waals surface area contributed by atoms with E-state index in [1.54, 1.807) is 7.11 Å². The SMILES string of the molecule is COc1ccc2c(c1)CCC(SC(C)C(C)C)C2N. The zero-order chi connectivity index (χ0) is 14.0. The number of fused-ring (bicyclic) bond motifs is 1. The van der Waals surface area contributed by atoms with Gasteiger partial charge in [0.25, 0.3) is 0 Å². The normalized spacial score (nSPS) is 24.1. The van der Waals surface area contributed by atoms with Crippen LogP contribution in [0.15, 0.2) is 18.2 Å². The zero-order valence-electron chi connectivity index (χ0n) is 12.3. The van der Waals surface area contributed by atoms with Crippen molar-refractivity contribution in [2.45, 2.75) is 50.2 Å². The van der Waals surface area contributed by atoms with Crippen LogP contribution in [0.3, 0.4) is 0 Å². The minimum absolute atomic E-state index is 0.154. The fraction of sp³-hybridized carbons (Fsp3) is 0.625. The molecule has 0 heterocycles. The van der Waals surface area contributed by atoms with Gasteiger partial charge in [0.15, 0.2) is 0 Å². The third-order valence-corrected chi connectivity index (χ3v) is 5.99. The van der Waals surface area contributed by atoms with Gasteiger partial charge in [0.1, 0.15) is 5.75 Å². The van der Waals surface area contributed by atoms with Gasteiger partial charge in [-0.05, 0) is 42.0 Å². The van der Waals surface area contributed by atoms with Crippen LogP contribution in [0.5, 0.6) is 5.75 Å². The minimum atomic E-state index is 0.154. The lowest BCUT2D eigenvalue weighted by molar-refractivity contribution is 0.413. The Bertz CT molecular complexity index is 433. The third kappa shape index (κ3) is 3.26. The summed E-state index contributed by atoms with van der Waals surface area (Å²) in [6, 6.07) is 6.46. The summed E-state index contributed by atoms with van der Waals surface area (Å²) in [6.45, 7) is 6.88. The van der Waals surface area contributed by atoms with Crippen LogP contribution in [0.4, 0.5) is 0 Å². The summed E-state index contributed by atoms with van der Waals surface area (Å²) in [5.41, 5.74) is 9.14. The second-order valence-corrected chi connectivity index (χ2v) is 7.37. The van der Waals surface area contributed by atoms with Crippen LogP contribution in [0.2, 0.25) is 0 Å². The molecule has 0 amide bonds. The van der Waals surface area contributed by atoms with Crippen molar-refractivity contribution in [1.29, 1.82) is 0 Å². The van der Waals surface area contributed by atoms with Crippen LogP contribution in [0.25, 0.3) is 0 Å². The van der Waals surface area contributed by atoms with Crippen molar-refractivity contribution < 1.29 is 4.74 Å². The Balaban J connectivity index is 2.13. The topological polar surface area (TPSA) is 35.2 Å². The molecule has 0 fully saturated rings. The maximum atomic E-state index is 6.47. The molecule has 1 aliphatic carbocycles. The molecule has 2 nitrogen and oxygen atoms in total. The molecule has 0 radical (unpaired) electrons. The largest absolute Gasteiger partial charge is 0.497 e. The van der Waals surface area contributed by atoms with Gasteiger partial charge < -0.3 is 10.5 Å². The summed E-state index contributed by atoms with van der Waals surface area (Å²) in [5, 5.41) is 1.20. The smallest absolute Gasteiger partial charge is 0.119 e.